The fourth-order valence-electron chi connectivity index (χ4n) is 4.34. The van der Waals surface area contributed by atoms with Crippen LogP contribution in [0.15, 0.2) is 48.1 Å². The molecule has 0 aliphatic carbocycles. The first-order chi connectivity index (χ1) is 15.0. The van der Waals surface area contributed by atoms with Gasteiger partial charge in [0.2, 0.25) is 0 Å². The number of benzene rings is 1. The highest BCUT2D eigenvalue weighted by Gasteiger charge is 2.35. The van der Waals surface area contributed by atoms with Crippen molar-refractivity contribution in [3.63, 3.8) is 0 Å². The first-order valence-corrected chi connectivity index (χ1v) is 11.3. The van der Waals surface area contributed by atoms with Crippen molar-refractivity contribution in [3.05, 3.63) is 59.2 Å². The molecule has 2 N–H and O–H groups in total. The summed E-state index contributed by atoms with van der Waals surface area (Å²) in [5.74, 6) is -0.668. The molecule has 0 saturated heterocycles. The minimum atomic E-state index is -0.336. The summed E-state index contributed by atoms with van der Waals surface area (Å²) >= 11 is 1.57. The number of H-pyrrole nitrogens is 1. The van der Waals surface area contributed by atoms with E-state index in [2.05, 4.69) is 39.9 Å². The van der Waals surface area contributed by atoms with Gasteiger partial charge in [-0.25, -0.2) is 0 Å². The van der Waals surface area contributed by atoms with Crippen LogP contribution in [0.4, 0.5) is 0 Å². The van der Waals surface area contributed by atoms with Crippen LogP contribution in [0.1, 0.15) is 24.0 Å². The first-order valence-electron chi connectivity index (χ1n) is 10.4. The standard InChI is InChI=1S/C24H24N4O2S/c1-27(2)10-5-6-11-28-14-17(15-7-3-4-8-19(15)28)21-20(23(29)26-24(21)30)16-13-25-18-9-12-31-22(16)18/h3-4,7-9,12-14,25H,5-6,10-11H2,1-2H3,(H,26,29,30). The predicted octanol–water partition coefficient (Wildman–Crippen LogP) is 4.09. The molecule has 6 nitrogen and oxygen atoms in total. The number of hydrogen-bond acceptors (Lipinski definition) is 4. The minimum absolute atomic E-state index is 0.332. The Morgan fingerprint density at radius 2 is 1.77 bits per heavy atom. The molecular formula is C24H24N4O2S. The van der Waals surface area contributed by atoms with Crippen molar-refractivity contribution in [2.45, 2.75) is 19.4 Å². The van der Waals surface area contributed by atoms with Crippen molar-refractivity contribution in [2.24, 2.45) is 0 Å². The molecule has 2 amide bonds. The van der Waals surface area contributed by atoms with Gasteiger partial charge >= 0.3 is 0 Å². The van der Waals surface area contributed by atoms with Gasteiger partial charge in [0, 0.05) is 41.0 Å². The van der Waals surface area contributed by atoms with Crippen LogP contribution in [0, 0.1) is 0 Å². The Bertz CT molecular complexity index is 1340. The third-order valence-electron chi connectivity index (χ3n) is 5.79. The van der Waals surface area contributed by atoms with Gasteiger partial charge in [0.15, 0.2) is 0 Å². The van der Waals surface area contributed by atoms with E-state index in [1.54, 1.807) is 11.3 Å². The van der Waals surface area contributed by atoms with E-state index in [0.29, 0.717) is 11.1 Å². The molecule has 0 saturated carbocycles. The van der Waals surface area contributed by atoms with Crippen molar-refractivity contribution in [1.29, 1.82) is 0 Å². The van der Waals surface area contributed by atoms with E-state index in [1.165, 1.54) is 0 Å². The number of rotatable bonds is 7. The van der Waals surface area contributed by atoms with Crippen LogP contribution in [-0.4, -0.2) is 46.9 Å². The lowest BCUT2D eigenvalue weighted by Crippen LogP contribution is -2.22. The second kappa shape index (κ2) is 7.83. The van der Waals surface area contributed by atoms with Crippen molar-refractivity contribution in [1.82, 2.24) is 19.8 Å². The van der Waals surface area contributed by atoms with E-state index >= 15 is 0 Å². The molecule has 1 aliphatic rings. The van der Waals surface area contributed by atoms with Crippen LogP contribution in [0.25, 0.3) is 32.3 Å². The summed E-state index contributed by atoms with van der Waals surface area (Å²) in [6.45, 7) is 1.91. The predicted molar refractivity (Wildman–Crippen MR) is 126 cm³/mol. The van der Waals surface area contributed by atoms with E-state index < -0.39 is 0 Å². The quantitative estimate of drug-likeness (QED) is 0.341. The molecule has 7 heteroatoms. The number of fused-ring (bicyclic) bond motifs is 2. The summed E-state index contributed by atoms with van der Waals surface area (Å²) in [6.07, 6.45) is 6.00. The number of carbonyl (C=O) groups is 2. The molecule has 3 aromatic heterocycles. The zero-order chi connectivity index (χ0) is 21.5. The molecule has 0 unspecified atom stereocenters. The van der Waals surface area contributed by atoms with E-state index in [9.17, 15) is 9.59 Å². The second-order valence-electron chi connectivity index (χ2n) is 8.16. The Balaban J connectivity index is 1.63. The van der Waals surface area contributed by atoms with Crippen LogP contribution in [0.5, 0.6) is 0 Å². The molecule has 4 heterocycles. The number of thiophene rings is 1. The maximum atomic E-state index is 12.9. The average molecular weight is 433 g/mol. The van der Waals surface area contributed by atoms with Crippen LogP contribution in [0.3, 0.4) is 0 Å². The molecule has 158 valence electrons. The monoisotopic (exact) mass is 432 g/mol. The zero-order valence-corrected chi connectivity index (χ0v) is 18.4. The van der Waals surface area contributed by atoms with E-state index in [0.717, 1.165) is 58.2 Å². The molecular weight excluding hydrogens is 408 g/mol. The van der Waals surface area contributed by atoms with Crippen LogP contribution < -0.4 is 5.32 Å². The number of aromatic nitrogens is 2. The number of aryl methyl sites for hydroxylation is 1. The van der Waals surface area contributed by atoms with Gasteiger partial charge in [-0.15, -0.1) is 11.3 Å². The van der Waals surface area contributed by atoms with Gasteiger partial charge in [0.05, 0.1) is 21.4 Å². The smallest absolute Gasteiger partial charge is 0.259 e. The summed E-state index contributed by atoms with van der Waals surface area (Å²) in [4.78, 5) is 31.2. The third-order valence-corrected chi connectivity index (χ3v) is 6.74. The minimum Gasteiger partial charge on any atom is -0.360 e. The number of amides is 2. The van der Waals surface area contributed by atoms with Gasteiger partial charge in [-0.2, -0.15) is 0 Å². The van der Waals surface area contributed by atoms with E-state index in [1.807, 2.05) is 42.0 Å². The van der Waals surface area contributed by atoms with Gasteiger partial charge in [-0.1, -0.05) is 18.2 Å². The molecule has 0 radical (unpaired) electrons. The maximum Gasteiger partial charge on any atom is 0.259 e. The summed E-state index contributed by atoms with van der Waals surface area (Å²) in [5.41, 5.74) is 4.56. The highest BCUT2D eigenvalue weighted by molar-refractivity contribution is 7.17. The van der Waals surface area contributed by atoms with Gasteiger partial charge in [-0.3, -0.25) is 14.9 Å². The Labute approximate surface area is 184 Å². The van der Waals surface area contributed by atoms with Crippen LogP contribution in [-0.2, 0) is 16.1 Å². The SMILES string of the molecule is CN(C)CCCCn1cc(C2=C(c3c[nH]c4ccsc34)C(=O)NC2=O)c2ccccc21. The average Bonchev–Trinajstić information content (AvgIpc) is 3.48. The van der Waals surface area contributed by atoms with Crippen molar-refractivity contribution in [2.75, 3.05) is 20.6 Å². The van der Waals surface area contributed by atoms with E-state index in [-0.39, 0.29) is 11.8 Å². The summed E-state index contributed by atoms with van der Waals surface area (Å²) in [7, 11) is 4.16. The van der Waals surface area contributed by atoms with Crippen molar-refractivity contribution in [3.8, 4) is 0 Å². The van der Waals surface area contributed by atoms with Gasteiger partial charge in [0.1, 0.15) is 0 Å². The Morgan fingerprint density at radius 3 is 2.58 bits per heavy atom. The van der Waals surface area contributed by atoms with Crippen molar-refractivity contribution < 1.29 is 9.59 Å². The molecule has 5 rings (SSSR count). The first kappa shape index (κ1) is 19.8. The highest BCUT2D eigenvalue weighted by Crippen LogP contribution is 2.39. The molecule has 4 aromatic rings. The maximum absolute atomic E-state index is 12.9. The van der Waals surface area contributed by atoms with E-state index in [4.69, 9.17) is 0 Å². The number of nitrogens with one attached hydrogen (secondary N) is 2. The number of unbranched alkanes of at least 4 members (excludes halogenated alkanes) is 1. The molecule has 1 aromatic carbocycles. The normalized spacial score (nSPS) is 14.5. The highest BCUT2D eigenvalue weighted by atomic mass is 32.1. The molecule has 0 bridgehead atoms. The largest absolute Gasteiger partial charge is 0.360 e. The third kappa shape index (κ3) is 3.40. The van der Waals surface area contributed by atoms with Crippen molar-refractivity contribution >= 4 is 55.4 Å². The Hall–Kier alpha value is -3.16. The topological polar surface area (TPSA) is 70.1 Å². The molecule has 0 atom stereocenters. The summed E-state index contributed by atoms with van der Waals surface area (Å²) < 4.78 is 3.20. The number of para-hydroxylation sites is 1. The lowest BCUT2D eigenvalue weighted by Gasteiger charge is -2.09. The number of aromatic amines is 1. The molecule has 0 spiro atoms. The molecule has 1 aliphatic heterocycles. The number of imide groups is 1. The fraction of sp³-hybridized carbons (Fsp3) is 0.250. The van der Waals surface area contributed by atoms with Gasteiger partial charge < -0.3 is 14.5 Å². The number of nitrogens with zero attached hydrogens (tertiary/aromatic N) is 2. The lowest BCUT2D eigenvalue weighted by atomic mass is 9.97. The molecule has 31 heavy (non-hydrogen) atoms. The van der Waals surface area contributed by atoms with Gasteiger partial charge in [0.25, 0.3) is 11.8 Å². The second-order valence-corrected chi connectivity index (χ2v) is 9.08. The lowest BCUT2D eigenvalue weighted by molar-refractivity contribution is -0.122. The van der Waals surface area contributed by atoms with Crippen LogP contribution >= 0.6 is 11.3 Å². The van der Waals surface area contributed by atoms with Gasteiger partial charge in [-0.05, 0) is 51.0 Å². The zero-order valence-electron chi connectivity index (χ0n) is 17.6. The summed E-state index contributed by atoms with van der Waals surface area (Å²) in [5, 5.41) is 5.50. The number of carbonyl (C=O) groups excluding carboxylic acids is 2. The van der Waals surface area contributed by atoms with Crippen LogP contribution in [0.2, 0.25) is 0 Å². The summed E-state index contributed by atoms with van der Waals surface area (Å²) in [6, 6.07) is 10.1. The Kier molecular flexibility index (Phi) is 5.00. The fourth-order valence-corrected chi connectivity index (χ4v) is 5.23. The number of hydrogen-bond donors (Lipinski definition) is 2. The molecule has 0 fully saturated rings. The Morgan fingerprint density at radius 1 is 1.00 bits per heavy atom.